The molecule has 6 unspecified atom stereocenters. The number of fused-ring (bicyclic) bond motifs is 6. The fourth-order valence-electron chi connectivity index (χ4n) is 8.56. The highest BCUT2D eigenvalue weighted by atomic mass is 32.2. The number of carbonyl (C=O) groups is 2. The lowest BCUT2D eigenvalue weighted by molar-refractivity contribution is -0.176. The summed E-state index contributed by atoms with van der Waals surface area (Å²) in [6.07, 6.45) is 8.66. The quantitative estimate of drug-likeness (QED) is 0.452. The Morgan fingerprint density at radius 2 is 2.00 bits per heavy atom. The number of aliphatic hydroxyl groups is 2. The highest BCUT2D eigenvalue weighted by molar-refractivity contribution is 8.00. The van der Waals surface area contributed by atoms with E-state index in [0.717, 1.165) is 34.3 Å². The van der Waals surface area contributed by atoms with E-state index in [1.165, 1.54) is 18.1 Å². The van der Waals surface area contributed by atoms with Crippen molar-refractivity contribution in [2.75, 3.05) is 5.75 Å². The minimum atomic E-state index is -1.49. The van der Waals surface area contributed by atoms with Gasteiger partial charge in [-0.3, -0.25) is 9.59 Å². The summed E-state index contributed by atoms with van der Waals surface area (Å²) in [5, 5.41) is 25.3. The van der Waals surface area contributed by atoms with E-state index in [-0.39, 0.29) is 46.4 Å². The van der Waals surface area contributed by atoms with E-state index in [1.807, 2.05) is 37.3 Å². The van der Waals surface area contributed by atoms with Crippen molar-refractivity contribution in [2.24, 2.45) is 34.5 Å². The van der Waals surface area contributed by atoms with Crippen LogP contribution in [0.5, 0.6) is 0 Å². The summed E-state index contributed by atoms with van der Waals surface area (Å²) in [6.45, 7) is 6.33. The summed E-state index contributed by atoms with van der Waals surface area (Å²) in [4.78, 5) is 34.6. The first-order valence-electron chi connectivity index (χ1n) is 13.3. The Bertz CT molecular complexity index is 1350. The van der Waals surface area contributed by atoms with Gasteiger partial charge in [0, 0.05) is 22.1 Å². The first-order valence-corrected chi connectivity index (χ1v) is 14.3. The number of hydrogen-bond donors (Lipinski definition) is 2. The molecule has 1 aromatic heterocycles. The number of aliphatic hydroxyl groups excluding tert-OH is 1. The van der Waals surface area contributed by atoms with Crippen LogP contribution in [-0.4, -0.2) is 49.2 Å². The van der Waals surface area contributed by atoms with Crippen molar-refractivity contribution in [3.05, 3.63) is 54.4 Å². The van der Waals surface area contributed by atoms with Gasteiger partial charge in [-0.25, -0.2) is 9.97 Å². The first-order chi connectivity index (χ1) is 17.6. The summed E-state index contributed by atoms with van der Waals surface area (Å²) in [7, 11) is 0. The maximum Gasteiger partial charge on any atom is 0.178 e. The molecule has 4 aliphatic rings. The largest absolute Gasteiger partial charge is 0.393 e. The average Bonchev–Trinajstić information content (AvgIpc) is 3.14. The van der Waals surface area contributed by atoms with Gasteiger partial charge >= 0.3 is 0 Å². The van der Waals surface area contributed by atoms with Gasteiger partial charge in [-0.2, -0.15) is 0 Å². The zero-order valence-corrected chi connectivity index (χ0v) is 22.4. The van der Waals surface area contributed by atoms with Crippen LogP contribution in [0.25, 0.3) is 10.9 Å². The van der Waals surface area contributed by atoms with Crippen LogP contribution in [0.3, 0.4) is 0 Å². The van der Waals surface area contributed by atoms with Crippen LogP contribution < -0.4 is 0 Å². The fraction of sp³-hybridized carbons (Fsp3) is 0.533. The van der Waals surface area contributed by atoms with Crippen molar-refractivity contribution in [3.63, 3.8) is 0 Å². The molecule has 0 amide bonds. The molecule has 3 saturated carbocycles. The zero-order valence-electron chi connectivity index (χ0n) is 21.6. The number of Topliss-reactive ketones (excluding diaryl/α,β-unsaturated/α-hetero) is 1. The molecular formula is C30H34N2O4S. The topological polar surface area (TPSA) is 100 Å². The van der Waals surface area contributed by atoms with E-state index in [9.17, 15) is 19.8 Å². The number of rotatable bonds is 4. The van der Waals surface area contributed by atoms with Crippen LogP contribution in [0.1, 0.15) is 46.5 Å². The zero-order chi connectivity index (χ0) is 26.2. The van der Waals surface area contributed by atoms with Crippen molar-refractivity contribution in [3.8, 4) is 0 Å². The Morgan fingerprint density at radius 1 is 1.22 bits per heavy atom. The Labute approximate surface area is 221 Å². The van der Waals surface area contributed by atoms with Crippen LogP contribution in [-0.2, 0) is 9.59 Å². The smallest absolute Gasteiger partial charge is 0.178 e. The summed E-state index contributed by atoms with van der Waals surface area (Å²) >= 11 is 1.35. The Balaban J connectivity index is 1.28. The lowest BCUT2D eigenvalue weighted by Gasteiger charge is -2.60. The SMILES string of the molecule is C[C@H]1CC2C(C(O)CC3(C)C2CC[C@]3(O)C(=O)CSc2ncnc3ccccc23)C2(C)C=CC(=O)C=C12. The summed E-state index contributed by atoms with van der Waals surface area (Å²) in [5.74, 6) is 0.431. The number of allylic oxidation sites excluding steroid dienone is 4. The third-order valence-corrected chi connectivity index (χ3v) is 11.3. The standard InChI is InChI=1S/C30H34N2O4S/c1-17-12-20-21-9-11-30(36,25(35)15-37-27-19-6-4-5-7-23(19)31-16-32-27)29(21,3)14-24(34)26(20)28(2)10-8-18(33)13-22(17)28/h4-8,10,13,16-17,20-21,24,26,34,36H,9,11-12,14-15H2,1-3H3/t17-,20?,21?,24?,26?,28?,29?,30-/m0/s1. The summed E-state index contributed by atoms with van der Waals surface area (Å²) in [5.41, 5.74) is -0.636. The van der Waals surface area contributed by atoms with E-state index in [1.54, 1.807) is 12.2 Å². The van der Waals surface area contributed by atoms with Gasteiger partial charge in [0.05, 0.1) is 17.4 Å². The van der Waals surface area contributed by atoms with Gasteiger partial charge in [0.2, 0.25) is 0 Å². The Morgan fingerprint density at radius 3 is 2.81 bits per heavy atom. The first kappa shape index (κ1) is 25.0. The number of ketones is 2. The molecule has 4 aliphatic carbocycles. The van der Waals surface area contributed by atoms with Gasteiger partial charge < -0.3 is 10.2 Å². The molecule has 6 rings (SSSR count). The van der Waals surface area contributed by atoms with Crippen molar-refractivity contribution >= 4 is 34.2 Å². The molecule has 1 aromatic carbocycles. The summed E-state index contributed by atoms with van der Waals surface area (Å²) in [6, 6.07) is 7.72. The Kier molecular flexibility index (Phi) is 5.79. The van der Waals surface area contributed by atoms with Crippen LogP contribution in [0, 0.1) is 34.5 Å². The van der Waals surface area contributed by atoms with Crippen molar-refractivity contribution in [1.82, 2.24) is 9.97 Å². The molecule has 0 bridgehead atoms. The molecule has 0 spiro atoms. The highest BCUT2D eigenvalue weighted by Gasteiger charge is 2.68. The number of hydrogen-bond acceptors (Lipinski definition) is 7. The minimum absolute atomic E-state index is 0.0164. The molecule has 2 N–H and O–H groups in total. The number of aromatic nitrogens is 2. The molecule has 37 heavy (non-hydrogen) atoms. The molecule has 1 heterocycles. The van der Waals surface area contributed by atoms with Gasteiger partial charge in [0.15, 0.2) is 11.6 Å². The van der Waals surface area contributed by atoms with Crippen molar-refractivity contribution in [1.29, 1.82) is 0 Å². The third-order valence-electron chi connectivity index (χ3n) is 10.3. The number of thioether (sulfide) groups is 1. The molecule has 3 fully saturated rings. The third kappa shape index (κ3) is 3.53. The van der Waals surface area contributed by atoms with Crippen LogP contribution in [0.2, 0.25) is 0 Å². The van der Waals surface area contributed by atoms with Crippen molar-refractivity contribution in [2.45, 2.75) is 63.2 Å². The monoisotopic (exact) mass is 518 g/mol. The van der Waals surface area contributed by atoms with Crippen molar-refractivity contribution < 1.29 is 19.8 Å². The predicted molar refractivity (Wildman–Crippen MR) is 143 cm³/mol. The van der Waals surface area contributed by atoms with E-state index in [2.05, 4.69) is 23.8 Å². The normalized spacial score (nSPS) is 40.6. The van der Waals surface area contributed by atoms with E-state index >= 15 is 0 Å². The fourth-order valence-corrected chi connectivity index (χ4v) is 9.52. The predicted octanol–water partition coefficient (Wildman–Crippen LogP) is 4.55. The second-order valence-electron chi connectivity index (χ2n) is 12.0. The molecule has 194 valence electrons. The number of benzene rings is 1. The molecule has 8 atom stereocenters. The minimum Gasteiger partial charge on any atom is -0.393 e. The maximum atomic E-state index is 13.7. The number of nitrogens with zero attached hydrogens (tertiary/aromatic N) is 2. The van der Waals surface area contributed by atoms with E-state index in [4.69, 9.17) is 0 Å². The number of para-hydroxylation sites is 1. The van der Waals surface area contributed by atoms with Gasteiger partial charge in [-0.15, -0.1) is 0 Å². The molecule has 0 radical (unpaired) electrons. The highest BCUT2D eigenvalue weighted by Crippen LogP contribution is 2.67. The van der Waals surface area contributed by atoms with Crippen LogP contribution >= 0.6 is 11.8 Å². The second kappa shape index (κ2) is 8.58. The Hall–Kier alpha value is -2.35. The van der Waals surface area contributed by atoms with Gasteiger partial charge in [-0.1, -0.05) is 62.4 Å². The number of carbonyl (C=O) groups excluding carboxylic acids is 2. The maximum absolute atomic E-state index is 13.7. The molecule has 6 nitrogen and oxygen atoms in total. The molecule has 7 heteroatoms. The second-order valence-corrected chi connectivity index (χ2v) is 13.0. The van der Waals surface area contributed by atoms with E-state index in [0.29, 0.717) is 12.8 Å². The molecule has 0 saturated heterocycles. The molecule has 0 aliphatic heterocycles. The van der Waals surface area contributed by atoms with E-state index < -0.39 is 17.1 Å². The van der Waals surface area contributed by atoms with Gasteiger partial charge in [0.1, 0.15) is 17.0 Å². The van der Waals surface area contributed by atoms with Gasteiger partial charge in [0.25, 0.3) is 0 Å². The molecular weight excluding hydrogens is 484 g/mol. The van der Waals surface area contributed by atoms with Gasteiger partial charge in [-0.05, 0) is 61.7 Å². The molecule has 2 aromatic rings. The summed E-state index contributed by atoms with van der Waals surface area (Å²) < 4.78 is 0. The average molecular weight is 519 g/mol. The van der Waals surface area contributed by atoms with Crippen LogP contribution in [0.15, 0.2) is 59.4 Å². The lowest BCUT2D eigenvalue weighted by Crippen LogP contribution is -2.62. The lowest BCUT2D eigenvalue weighted by atomic mass is 9.45. The van der Waals surface area contributed by atoms with Crippen LogP contribution in [0.4, 0.5) is 0 Å².